The van der Waals surface area contributed by atoms with Gasteiger partial charge in [0.05, 0.1) is 36.9 Å². The quantitative estimate of drug-likeness (QED) is 0.390. The van der Waals surface area contributed by atoms with Gasteiger partial charge in [-0.15, -0.1) is 0 Å². The summed E-state index contributed by atoms with van der Waals surface area (Å²) in [6.07, 6.45) is 0. The smallest absolute Gasteiger partial charge is 0.337 e. The largest absolute Gasteiger partial charge is 0.465 e. The topological polar surface area (TPSA) is 90.7 Å². The lowest BCUT2D eigenvalue weighted by Gasteiger charge is -2.14. The molecule has 0 spiro atoms. The Morgan fingerprint density at radius 2 is 2.35 bits per heavy atom. The van der Waals surface area contributed by atoms with Gasteiger partial charge in [-0.2, -0.15) is 0 Å². The van der Waals surface area contributed by atoms with Crippen molar-refractivity contribution in [2.75, 3.05) is 25.6 Å². The lowest BCUT2D eigenvalue weighted by molar-refractivity contribution is -0.384. The van der Waals surface area contributed by atoms with Gasteiger partial charge in [0, 0.05) is 6.07 Å². The molecule has 1 heterocycles. The van der Waals surface area contributed by atoms with Crippen LogP contribution in [0.1, 0.15) is 10.4 Å². The van der Waals surface area contributed by atoms with E-state index < -0.39 is 10.9 Å². The molecule has 1 aliphatic heterocycles. The number of methoxy groups -OCH3 is 1. The average Bonchev–Trinajstić information content (AvgIpc) is 2.83. The van der Waals surface area contributed by atoms with Gasteiger partial charge >= 0.3 is 5.97 Å². The van der Waals surface area contributed by atoms with Crippen LogP contribution >= 0.6 is 0 Å². The molecular weight excluding hydrogens is 264 g/mol. The number of esters is 1. The molecule has 0 bridgehead atoms. The fourth-order valence-electron chi connectivity index (χ4n) is 1.91. The third-order valence-electron chi connectivity index (χ3n) is 3.01. The zero-order chi connectivity index (χ0) is 14.7. The van der Waals surface area contributed by atoms with Crippen molar-refractivity contribution in [2.45, 2.75) is 6.04 Å². The number of nitrogens with zero attached hydrogens (tertiary/aromatic N) is 1. The molecule has 1 fully saturated rings. The molecule has 106 valence electrons. The van der Waals surface area contributed by atoms with Gasteiger partial charge in [-0.05, 0) is 17.7 Å². The highest BCUT2D eigenvalue weighted by molar-refractivity contribution is 5.91. The maximum absolute atomic E-state index is 11.5. The highest BCUT2D eigenvalue weighted by atomic mass is 16.6. The minimum atomic E-state index is -0.551. The molecule has 1 saturated heterocycles. The van der Waals surface area contributed by atoms with Crippen LogP contribution in [0.25, 0.3) is 0 Å². The van der Waals surface area contributed by atoms with E-state index in [1.165, 1.54) is 25.3 Å². The van der Waals surface area contributed by atoms with E-state index in [-0.39, 0.29) is 23.0 Å². The maximum atomic E-state index is 11.5. The van der Waals surface area contributed by atoms with Crippen molar-refractivity contribution in [3.8, 4) is 0 Å². The molecule has 2 rings (SSSR count). The number of nitro groups is 1. The minimum absolute atomic E-state index is 0.114. The van der Waals surface area contributed by atoms with Gasteiger partial charge in [0.1, 0.15) is 5.69 Å². The molecule has 20 heavy (non-hydrogen) atoms. The van der Waals surface area contributed by atoms with Crippen LogP contribution in [-0.4, -0.2) is 37.3 Å². The zero-order valence-electron chi connectivity index (χ0n) is 10.9. The number of rotatable bonds is 4. The monoisotopic (exact) mass is 278 g/mol. The number of carbonyl (C=O) groups is 1. The average molecular weight is 278 g/mol. The minimum Gasteiger partial charge on any atom is -0.465 e. The standard InChI is InChI=1S/C13H14N2O5/c1-8-6-20-7-11(8)14-10-5-9(13(16)19-2)3-4-12(10)15(17)18/h3-5,11,14H,1,6-7H2,2H3/t11-/m1/s1. The Bertz CT molecular complexity index is 570. The Morgan fingerprint density at radius 3 is 2.90 bits per heavy atom. The molecule has 0 unspecified atom stereocenters. The Kier molecular flexibility index (Phi) is 3.99. The van der Waals surface area contributed by atoms with Crippen LogP contribution < -0.4 is 5.32 Å². The highest BCUT2D eigenvalue weighted by Crippen LogP contribution is 2.28. The van der Waals surface area contributed by atoms with Crippen molar-refractivity contribution >= 4 is 17.3 Å². The fraction of sp³-hybridized carbons (Fsp3) is 0.308. The van der Waals surface area contributed by atoms with E-state index in [0.717, 1.165) is 5.57 Å². The number of carbonyl (C=O) groups excluding carboxylic acids is 1. The summed E-state index contributed by atoms with van der Waals surface area (Å²) in [5.74, 6) is -0.551. The third kappa shape index (κ3) is 2.77. The summed E-state index contributed by atoms with van der Waals surface area (Å²) in [5, 5.41) is 14.0. The molecule has 1 N–H and O–H groups in total. The Labute approximate surface area is 115 Å². The van der Waals surface area contributed by atoms with Crippen LogP contribution in [0.2, 0.25) is 0 Å². The highest BCUT2D eigenvalue weighted by Gasteiger charge is 2.24. The molecule has 0 radical (unpaired) electrons. The number of hydrogen-bond acceptors (Lipinski definition) is 6. The van der Waals surface area contributed by atoms with Crippen molar-refractivity contribution in [2.24, 2.45) is 0 Å². The summed E-state index contributed by atoms with van der Waals surface area (Å²) < 4.78 is 9.82. The van der Waals surface area contributed by atoms with Gasteiger partial charge in [0.25, 0.3) is 5.69 Å². The number of hydrogen-bond donors (Lipinski definition) is 1. The summed E-state index contributed by atoms with van der Waals surface area (Å²) in [5.41, 5.74) is 1.18. The fourth-order valence-corrected chi connectivity index (χ4v) is 1.91. The first kappa shape index (κ1) is 14.0. The molecule has 0 amide bonds. The normalized spacial score (nSPS) is 17.9. The second kappa shape index (κ2) is 5.70. The van der Waals surface area contributed by atoms with Crippen molar-refractivity contribution in [1.82, 2.24) is 0 Å². The van der Waals surface area contributed by atoms with Gasteiger partial charge in [-0.3, -0.25) is 10.1 Å². The lowest BCUT2D eigenvalue weighted by Crippen LogP contribution is -2.21. The first-order valence-electron chi connectivity index (χ1n) is 5.91. The Morgan fingerprint density at radius 1 is 1.60 bits per heavy atom. The molecule has 7 heteroatoms. The number of ether oxygens (including phenoxy) is 2. The Hall–Kier alpha value is -2.41. The van der Waals surface area contributed by atoms with E-state index in [1.807, 2.05) is 0 Å². The van der Waals surface area contributed by atoms with Crippen LogP contribution in [0.3, 0.4) is 0 Å². The first-order chi connectivity index (χ1) is 9.52. The number of nitro benzene ring substituents is 1. The molecule has 1 atom stereocenters. The molecular formula is C13H14N2O5. The van der Waals surface area contributed by atoms with E-state index in [4.69, 9.17) is 4.74 Å². The van der Waals surface area contributed by atoms with E-state index >= 15 is 0 Å². The predicted molar refractivity (Wildman–Crippen MR) is 71.8 cm³/mol. The number of benzene rings is 1. The summed E-state index contributed by atoms with van der Waals surface area (Å²) in [4.78, 5) is 22.0. The predicted octanol–water partition coefficient (Wildman–Crippen LogP) is 1.75. The molecule has 0 saturated carbocycles. The number of anilines is 1. The van der Waals surface area contributed by atoms with Crippen LogP contribution in [0, 0.1) is 10.1 Å². The number of nitrogens with one attached hydrogen (secondary N) is 1. The molecule has 0 aliphatic carbocycles. The molecule has 1 aromatic rings. The molecule has 1 aliphatic rings. The van der Waals surface area contributed by atoms with Crippen molar-refractivity contribution in [1.29, 1.82) is 0 Å². The summed E-state index contributed by atoms with van der Waals surface area (Å²) in [6, 6.07) is 3.82. The first-order valence-corrected chi connectivity index (χ1v) is 5.91. The van der Waals surface area contributed by atoms with Crippen molar-refractivity contribution < 1.29 is 19.2 Å². The van der Waals surface area contributed by atoms with Crippen LogP contribution in [-0.2, 0) is 9.47 Å². The molecule has 7 nitrogen and oxygen atoms in total. The van der Waals surface area contributed by atoms with E-state index in [2.05, 4.69) is 16.6 Å². The maximum Gasteiger partial charge on any atom is 0.337 e. The van der Waals surface area contributed by atoms with Gasteiger partial charge in [-0.1, -0.05) is 6.58 Å². The van der Waals surface area contributed by atoms with Crippen LogP contribution in [0.4, 0.5) is 11.4 Å². The van der Waals surface area contributed by atoms with Crippen molar-refractivity contribution in [3.63, 3.8) is 0 Å². The second-order valence-electron chi connectivity index (χ2n) is 4.35. The molecule has 1 aromatic carbocycles. The summed E-state index contributed by atoms with van der Waals surface area (Å²) in [6.45, 7) is 4.64. The van der Waals surface area contributed by atoms with Crippen LogP contribution in [0.15, 0.2) is 30.4 Å². The second-order valence-corrected chi connectivity index (χ2v) is 4.35. The Balaban J connectivity index is 2.33. The van der Waals surface area contributed by atoms with E-state index in [1.54, 1.807) is 0 Å². The lowest BCUT2D eigenvalue weighted by atomic mass is 10.1. The summed E-state index contributed by atoms with van der Waals surface area (Å²) in [7, 11) is 1.25. The van der Waals surface area contributed by atoms with E-state index in [9.17, 15) is 14.9 Å². The van der Waals surface area contributed by atoms with Gasteiger partial charge in [-0.25, -0.2) is 4.79 Å². The van der Waals surface area contributed by atoms with Gasteiger partial charge in [0.15, 0.2) is 0 Å². The third-order valence-corrected chi connectivity index (χ3v) is 3.01. The zero-order valence-corrected chi connectivity index (χ0v) is 10.9. The van der Waals surface area contributed by atoms with E-state index in [0.29, 0.717) is 13.2 Å². The van der Waals surface area contributed by atoms with Gasteiger partial charge in [0.2, 0.25) is 0 Å². The van der Waals surface area contributed by atoms with Crippen molar-refractivity contribution in [3.05, 3.63) is 46.0 Å². The van der Waals surface area contributed by atoms with Crippen LogP contribution in [0.5, 0.6) is 0 Å². The molecule has 0 aromatic heterocycles. The SMILES string of the molecule is C=C1COC[C@H]1Nc1cc(C(=O)OC)ccc1[N+](=O)[O-]. The summed E-state index contributed by atoms with van der Waals surface area (Å²) >= 11 is 0. The van der Waals surface area contributed by atoms with Gasteiger partial charge < -0.3 is 14.8 Å².